The fourth-order valence-electron chi connectivity index (χ4n) is 4.19. The van der Waals surface area contributed by atoms with E-state index in [0.29, 0.717) is 36.6 Å². The largest absolute Gasteiger partial charge is 0.507 e. The Labute approximate surface area is 202 Å². The van der Waals surface area contributed by atoms with E-state index in [4.69, 9.17) is 9.47 Å². The van der Waals surface area contributed by atoms with Crippen molar-refractivity contribution in [3.05, 3.63) is 83.7 Å². The molecule has 1 saturated heterocycles. The van der Waals surface area contributed by atoms with E-state index in [9.17, 15) is 19.1 Å². The van der Waals surface area contributed by atoms with Crippen molar-refractivity contribution in [3.8, 4) is 11.5 Å². The van der Waals surface area contributed by atoms with E-state index in [-0.39, 0.29) is 23.4 Å². The summed E-state index contributed by atoms with van der Waals surface area (Å²) in [5.74, 6) is -1.39. The number of rotatable bonds is 9. The fourth-order valence-corrected chi connectivity index (χ4v) is 4.19. The number of hydrogen-bond donors (Lipinski definition) is 1. The summed E-state index contributed by atoms with van der Waals surface area (Å²) in [6.45, 7) is 3.15. The number of ether oxygens (including phenoxy) is 2. The van der Waals surface area contributed by atoms with Crippen molar-refractivity contribution in [1.29, 1.82) is 0 Å². The number of carbonyl (C=O) groups is 2. The number of hydrogen-bond acceptors (Lipinski definition) is 6. The number of nitrogens with zero attached hydrogens (tertiary/aromatic N) is 3. The van der Waals surface area contributed by atoms with Crippen molar-refractivity contribution in [1.82, 2.24) is 14.5 Å². The van der Waals surface area contributed by atoms with Gasteiger partial charge in [0.25, 0.3) is 11.7 Å². The quantitative estimate of drug-likeness (QED) is 0.284. The van der Waals surface area contributed by atoms with Gasteiger partial charge in [0.1, 0.15) is 11.6 Å². The molecule has 0 radical (unpaired) electrons. The minimum atomic E-state index is -0.854. The highest BCUT2D eigenvalue weighted by molar-refractivity contribution is 6.46. The molecule has 1 N–H and O–H groups in total. The van der Waals surface area contributed by atoms with Crippen LogP contribution < -0.4 is 9.47 Å². The van der Waals surface area contributed by atoms with Gasteiger partial charge in [0, 0.05) is 31.0 Å². The average Bonchev–Trinajstić information content (AvgIpc) is 3.47. The third-order valence-electron chi connectivity index (χ3n) is 5.84. The van der Waals surface area contributed by atoms with Gasteiger partial charge in [-0.25, -0.2) is 9.37 Å². The van der Waals surface area contributed by atoms with E-state index < -0.39 is 23.5 Å². The Morgan fingerprint density at radius 1 is 1.11 bits per heavy atom. The highest BCUT2D eigenvalue weighted by Crippen LogP contribution is 2.42. The van der Waals surface area contributed by atoms with Crippen LogP contribution in [0.4, 0.5) is 4.39 Å². The standard InChI is InChI=1S/C26H26FN3O5/c1-3-35-20-10-7-18(15-21(20)34-2)23-22(24(31)17-5-8-19(27)9-6-17)25(32)26(33)30(23)13-4-12-29-14-11-28-16-29/h5-11,14-16,23,31H,3-4,12-13H2,1-2H3/t23-/m0/s1. The number of aliphatic hydroxyl groups is 1. The summed E-state index contributed by atoms with van der Waals surface area (Å²) in [5.41, 5.74) is 0.761. The molecule has 4 rings (SSSR count). The van der Waals surface area contributed by atoms with Gasteiger partial charge in [0.15, 0.2) is 11.5 Å². The first-order valence-corrected chi connectivity index (χ1v) is 11.3. The zero-order valence-electron chi connectivity index (χ0n) is 19.5. The first-order chi connectivity index (χ1) is 16.9. The van der Waals surface area contributed by atoms with Gasteiger partial charge in [-0.3, -0.25) is 9.59 Å². The Kier molecular flexibility index (Phi) is 7.14. The lowest BCUT2D eigenvalue weighted by Gasteiger charge is -2.26. The van der Waals surface area contributed by atoms with Gasteiger partial charge in [-0.05, 0) is 55.3 Å². The molecule has 0 spiro atoms. The second kappa shape index (κ2) is 10.4. The van der Waals surface area contributed by atoms with Gasteiger partial charge in [-0.1, -0.05) is 6.07 Å². The smallest absolute Gasteiger partial charge is 0.295 e. The number of halogens is 1. The highest BCUT2D eigenvalue weighted by Gasteiger charge is 2.46. The summed E-state index contributed by atoms with van der Waals surface area (Å²) in [4.78, 5) is 31.7. The van der Waals surface area contributed by atoms with Crippen LogP contribution in [0.2, 0.25) is 0 Å². The predicted molar refractivity (Wildman–Crippen MR) is 126 cm³/mol. The number of amides is 1. The summed E-state index contributed by atoms with van der Waals surface area (Å²) < 4.78 is 26.4. The lowest BCUT2D eigenvalue weighted by Crippen LogP contribution is -2.31. The van der Waals surface area contributed by atoms with E-state index in [2.05, 4.69) is 4.98 Å². The Balaban J connectivity index is 1.77. The van der Waals surface area contributed by atoms with Crippen molar-refractivity contribution in [2.75, 3.05) is 20.3 Å². The number of carbonyl (C=O) groups excluding carboxylic acids is 2. The summed E-state index contributed by atoms with van der Waals surface area (Å²) >= 11 is 0. The van der Waals surface area contributed by atoms with Crippen LogP contribution in [0, 0.1) is 5.82 Å². The number of Topliss-reactive ketones (excluding diaryl/α,β-unsaturated/α-hetero) is 1. The van der Waals surface area contributed by atoms with Crippen LogP contribution in [0.15, 0.2) is 66.8 Å². The van der Waals surface area contributed by atoms with Gasteiger partial charge in [0.2, 0.25) is 0 Å². The lowest BCUT2D eigenvalue weighted by atomic mass is 9.95. The lowest BCUT2D eigenvalue weighted by molar-refractivity contribution is -0.139. The zero-order chi connectivity index (χ0) is 24.9. The highest BCUT2D eigenvalue weighted by atomic mass is 19.1. The molecular weight excluding hydrogens is 453 g/mol. The molecule has 8 nitrogen and oxygen atoms in total. The first kappa shape index (κ1) is 24.0. The van der Waals surface area contributed by atoms with Crippen LogP contribution in [0.5, 0.6) is 11.5 Å². The summed E-state index contributed by atoms with van der Waals surface area (Å²) in [6.07, 6.45) is 5.72. The number of ketones is 1. The third-order valence-corrected chi connectivity index (χ3v) is 5.84. The molecule has 2 aromatic carbocycles. The monoisotopic (exact) mass is 479 g/mol. The fraction of sp³-hybridized carbons (Fsp3) is 0.269. The Hall–Kier alpha value is -4.14. The third kappa shape index (κ3) is 4.89. The van der Waals surface area contributed by atoms with Crippen LogP contribution in [-0.4, -0.2) is 51.5 Å². The maximum absolute atomic E-state index is 13.5. The molecule has 1 fully saturated rings. The van der Waals surface area contributed by atoms with Gasteiger partial charge in [-0.15, -0.1) is 0 Å². The molecule has 1 aromatic heterocycles. The Bertz CT molecular complexity index is 1240. The zero-order valence-corrected chi connectivity index (χ0v) is 19.5. The molecule has 182 valence electrons. The average molecular weight is 480 g/mol. The predicted octanol–water partition coefficient (Wildman–Crippen LogP) is 3.94. The molecule has 0 unspecified atom stereocenters. The second-order valence-electron chi connectivity index (χ2n) is 8.00. The SMILES string of the molecule is CCOc1ccc([C@H]2C(=C(O)c3ccc(F)cc3)C(=O)C(=O)N2CCCn2ccnc2)cc1OC. The topological polar surface area (TPSA) is 93.9 Å². The molecule has 0 bridgehead atoms. The van der Waals surface area contributed by atoms with Gasteiger partial charge in [-0.2, -0.15) is 0 Å². The molecule has 35 heavy (non-hydrogen) atoms. The van der Waals surface area contributed by atoms with Crippen LogP contribution in [0.1, 0.15) is 30.5 Å². The summed E-state index contributed by atoms with van der Waals surface area (Å²) in [5, 5.41) is 11.1. The van der Waals surface area contributed by atoms with E-state index in [1.54, 1.807) is 30.7 Å². The number of aliphatic hydroxyl groups excluding tert-OH is 1. The molecule has 1 aliphatic rings. The molecule has 0 saturated carbocycles. The number of methoxy groups -OCH3 is 1. The van der Waals surface area contributed by atoms with Crippen molar-refractivity contribution < 1.29 is 28.6 Å². The molecule has 1 amide bonds. The minimum Gasteiger partial charge on any atom is -0.507 e. The minimum absolute atomic E-state index is 0.0598. The van der Waals surface area contributed by atoms with E-state index in [1.165, 1.54) is 36.3 Å². The van der Waals surface area contributed by atoms with Crippen molar-refractivity contribution in [2.45, 2.75) is 25.9 Å². The van der Waals surface area contributed by atoms with Gasteiger partial charge in [0.05, 0.1) is 31.7 Å². The van der Waals surface area contributed by atoms with E-state index in [1.807, 2.05) is 17.7 Å². The molecule has 9 heteroatoms. The molecule has 2 heterocycles. The summed E-state index contributed by atoms with van der Waals surface area (Å²) in [6, 6.07) is 9.40. The van der Waals surface area contributed by atoms with Crippen molar-refractivity contribution in [2.24, 2.45) is 0 Å². The van der Waals surface area contributed by atoms with Crippen molar-refractivity contribution in [3.63, 3.8) is 0 Å². The van der Waals surface area contributed by atoms with Gasteiger partial charge < -0.3 is 24.0 Å². The van der Waals surface area contributed by atoms with Crippen LogP contribution in [0.25, 0.3) is 5.76 Å². The summed E-state index contributed by atoms with van der Waals surface area (Å²) in [7, 11) is 1.50. The number of benzene rings is 2. The van der Waals surface area contributed by atoms with Crippen LogP contribution in [0.3, 0.4) is 0 Å². The van der Waals surface area contributed by atoms with E-state index >= 15 is 0 Å². The number of likely N-dealkylation sites (tertiary alicyclic amines) is 1. The maximum Gasteiger partial charge on any atom is 0.295 e. The molecule has 1 atom stereocenters. The normalized spacial score (nSPS) is 17.1. The van der Waals surface area contributed by atoms with Gasteiger partial charge >= 0.3 is 0 Å². The second-order valence-corrected chi connectivity index (χ2v) is 8.00. The first-order valence-electron chi connectivity index (χ1n) is 11.3. The molecular formula is C26H26FN3O5. The number of imidazole rings is 1. The molecule has 3 aromatic rings. The Morgan fingerprint density at radius 2 is 1.89 bits per heavy atom. The molecule has 0 aliphatic carbocycles. The van der Waals surface area contributed by atoms with Crippen LogP contribution in [-0.2, 0) is 16.1 Å². The Morgan fingerprint density at radius 3 is 2.54 bits per heavy atom. The molecule has 1 aliphatic heterocycles. The van der Waals surface area contributed by atoms with E-state index in [0.717, 1.165) is 0 Å². The number of aryl methyl sites for hydroxylation is 1. The van der Waals surface area contributed by atoms with Crippen LogP contribution >= 0.6 is 0 Å². The number of aromatic nitrogens is 2. The maximum atomic E-state index is 13.5. The van der Waals surface area contributed by atoms with Crippen molar-refractivity contribution >= 4 is 17.4 Å².